The Bertz CT molecular complexity index is 158. The van der Waals surface area contributed by atoms with Gasteiger partial charge in [0.05, 0.1) is 0 Å². The summed E-state index contributed by atoms with van der Waals surface area (Å²) in [5, 5.41) is 3.31. The van der Waals surface area contributed by atoms with Gasteiger partial charge in [-0.1, -0.05) is 24.6 Å². The van der Waals surface area contributed by atoms with Gasteiger partial charge in [0.2, 0.25) is 0 Å². The van der Waals surface area contributed by atoms with E-state index < -0.39 is 0 Å². The second-order valence-electron chi connectivity index (χ2n) is 2.98. The van der Waals surface area contributed by atoms with Crippen LogP contribution in [-0.2, 0) is 0 Å². The molecular formula is C10H17N. The van der Waals surface area contributed by atoms with Gasteiger partial charge in [0.25, 0.3) is 0 Å². The molecule has 0 radical (unpaired) electrons. The predicted octanol–water partition coefficient (Wildman–Crippen LogP) is 2.12. The highest BCUT2D eigenvalue weighted by molar-refractivity contribution is 5.15. The Morgan fingerprint density at radius 1 is 1.82 bits per heavy atom. The molecule has 1 N–H and O–H groups in total. The van der Waals surface area contributed by atoms with Crippen molar-refractivity contribution in [2.24, 2.45) is 5.92 Å². The van der Waals surface area contributed by atoms with Gasteiger partial charge in [0, 0.05) is 6.54 Å². The van der Waals surface area contributed by atoms with Crippen LogP contribution in [0.5, 0.6) is 0 Å². The summed E-state index contributed by atoms with van der Waals surface area (Å²) < 4.78 is 0. The molecule has 1 heteroatoms. The zero-order chi connectivity index (χ0) is 8.10. The molecule has 1 aliphatic rings. The topological polar surface area (TPSA) is 12.0 Å². The van der Waals surface area contributed by atoms with Gasteiger partial charge in [-0.25, -0.2) is 0 Å². The van der Waals surface area contributed by atoms with Crippen molar-refractivity contribution in [2.45, 2.75) is 19.8 Å². The van der Waals surface area contributed by atoms with E-state index in [2.05, 4.69) is 31.0 Å². The summed E-state index contributed by atoms with van der Waals surface area (Å²) >= 11 is 0. The summed E-state index contributed by atoms with van der Waals surface area (Å²) in [6.45, 7) is 8.24. The Morgan fingerprint density at radius 2 is 2.64 bits per heavy atom. The molecule has 11 heavy (non-hydrogen) atoms. The van der Waals surface area contributed by atoms with Crippen molar-refractivity contribution < 1.29 is 0 Å². The number of nitrogens with one attached hydrogen (secondary N) is 1. The summed E-state index contributed by atoms with van der Waals surface area (Å²) in [5.74, 6) is 0.622. The zero-order valence-corrected chi connectivity index (χ0v) is 7.27. The lowest BCUT2D eigenvalue weighted by Gasteiger charge is -2.19. The van der Waals surface area contributed by atoms with Gasteiger partial charge in [0.1, 0.15) is 0 Å². The predicted molar refractivity (Wildman–Crippen MR) is 49.5 cm³/mol. The van der Waals surface area contributed by atoms with Gasteiger partial charge >= 0.3 is 0 Å². The molecule has 0 saturated heterocycles. The number of allylic oxidation sites excluding steroid dienone is 1. The third-order valence-electron chi connectivity index (χ3n) is 2.30. The molecule has 1 unspecified atom stereocenters. The fraction of sp³-hybridized carbons (Fsp3) is 0.600. The monoisotopic (exact) mass is 151 g/mol. The maximum atomic E-state index is 3.85. The average molecular weight is 151 g/mol. The highest BCUT2D eigenvalue weighted by Gasteiger charge is 2.09. The van der Waals surface area contributed by atoms with Crippen molar-refractivity contribution in [1.29, 1.82) is 0 Å². The van der Waals surface area contributed by atoms with Crippen LogP contribution >= 0.6 is 0 Å². The molecule has 0 spiro atoms. The van der Waals surface area contributed by atoms with Crippen LogP contribution in [0.1, 0.15) is 19.8 Å². The molecule has 0 aromatic carbocycles. The molecule has 0 aliphatic carbocycles. The molecule has 0 saturated carbocycles. The zero-order valence-electron chi connectivity index (χ0n) is 7.27. The molecule has 1 heterocycles. The van der Waals surface area contributed by atoms with Crippen molar-refractivity contribution in [3.8, 4) is 0 Å². The van der Waals surface area contributed by atoms with E-state index in [1.807, 2.05) is 0 Å². The van der Waals surface area contributed by atoms with Crippen LogP contribution in [-0.4, -0.2) is 13.1 Å². The summed E-state index contributed by atoms with van der Waals surface area (Å²) in [4.78, 5) is 0. The Kier molecular flexibility index (Phi) is 3.37. The van der Waals surface area contributed by atoms with E-state index in [4.69, 9.17) is 0 Å². The molecule has 1 aliphatic heterocycles. The van der Waals surface area contributed by atoms with Crippen LogP contribution in [0.3, 0.4) is 0 Å². The van der Waals surface area contributed by atoms with Crippen LogP contribution in [0.4, 0.5) is 0 Å². The first-order chi connectivity index (χ1) is 5.38. The second-order valence-corrected chi connectivity index (χ2v) is 2.98. The summed E-state index contributed by atoms with van der Waals surface area (Å²) in [6, 6.07) is 0. The highest BCUT2D eigenvalue weighted by atomic mass is 14.8. The van der Waals surface area contributed by atoms with Crippen molar-refractivity contribution in [1.82, 2.24) is 5.32 Å². The maximum Gasteiger partial charge on any atom is 0.0137 e. The van der Waals surface area contributed by atoms with E-state index >= 15 is 0 Å². The third kappa shape index (κ3) is 2.19. The van der Waals surface area contributed by atoms with Crippen molar-refractivity contribution in [3.63, 3.8) is 0 Å². The quantitative estimate of drug-likeness (QED) is 0.609. The summed E-state index contributed by atoms with van der Waals surface area (Å²) in [6.07, 6.45) is 6.76. The molecule has 1 rings (SSSR count). The minimum Gasteiger partial charge on any atom is -0.313 e. The van der Waals surface area contributed by atoms with Crippen molar-refractivity contribution in [2.75, 3.05) is 13.1 Å². The molecule has 0 aromatic heterocycles. The summed E-state index contributed by atoms with van der Waals surface area (Å²) in [5.41, 5.74) is 1.57. The van der Waals surface area contributed by atoms with Gasteiger partial charge in [0.15, 0.2) is 0 Å². The first kappa shape index (κ1) is 8.54. The van der Waals surface area contributed by atoms with Gasteiger partial charge in [-0.2, -0.15) is 0 Å². The van der Waals surface area contributed by atoms with E-state index in [1.54, 1.807) is 5.57 Å². The standard InChI is InChI=1S/C10H17N/c1-3-9(4-2)10-5-7-11-8-6-10/h3,5,9,11H,1,4,6-8H2,2H3. The second kappa shape index (κ2) is 4.35. The van der Waals surface area contributed by atoms with E-state index in [1.165, 1.54) is 12.8 Å². The van der Waals surface area contributed by atoms with Crippen LogP contribution in [0.15, 0.2) is 24.3 Å². The van der Waals surface area contributed by atoms with E-state index in [0.29, 0.717) is 5.92 Å². The minimum absolute atomic E-state index is 0.622. The largest absolute Gasteiger partial charge is 0.313 e. The Hall–Kier alpha value is -0.560. The van der Waals surface area contributed by atoms with Gasteiger partial charge < -0.3 is 5.32 Å². The van der Waals surface area contributed by atoms with E-state index in [9.17, 15) is 0 Å². The van der Waals surface area contributed by atoms with Crippen molar-refractivity contribution >= 4 is 0 Å². The molecule has 0 bridgehead atoms. The minimum atomic E-state index is 0.622. The average Bonchev–Trinajstić information content (AvgIpc) is 2.09. The molecule has 0 aromatic rings. The first-order valence-electron chi connectivity index (χ1n) is 4.40. The molecule has 1 nitrogen and oxygen atoms in total. The normalized spacial score (nSPS) is 20.6. The lowest BCUT2D eigenvalue weighted by Crippen LogP contribution is -2.22. The Balaban J connectivity index is 2.55. The summed E-state index contributed by atoms with van der Waals surface area (Å²) in [7, 11) is 0. The lowest BCUT2D eigenvalue weighted by atomic mass is 9.92. The van der Waals surface area contributed by atoms with Gasteiger partial charge in [-0.05, 0) is 25.3 Å². The number of hydrogen-bond donors (Lipinski definition) is 1. The number of hydrogen-bond acceptors (Lipinski definition) is 1. The molecule has 62 valence electrons. The smallest absolute Gasteiger partial charge is 0.0137 e. The number of rotatable bonds is 3. The van der Waals surface area contributed by atoms with Crippen LogP contribution in [0.25, 0.3) is 0 Å². The fourth-order valence-electron chi connectivity index (χ4n) is 1.56. The lowest BCUT2D eigenvalue weighted by molar-refractivity contribution is 0.618. The van der Waals surface area contributed by atoms with Crippen LogP contribution < -0.4 is 5.32 Å². The molecular weight excluding hydrogens is 134 g/mol. The Labute approximate surface area is 69.2 Å². The first-order valence-corrected chi connectivity index (χ1v) is 4.40. The molecule has 1 atom stereocenters. The fourth-order valence-corrected chi connectivity index (χ4v) is 1.56. The van der Waals surface area contributed by atoms with Crippen LogP contribution in [0.2, 0.25) is 0 Å². The van der Waals surface area contributed by atoms with E-state index in [-0.39, 0.29) is 0 Å². The maximum absolute atomic E-state index is 3.85. The van der Waals surface area contributed by atoms with Gasteiger partial charge in [-0.3, -0.25) is 0 Å². The van der Waals surface area contributed by atoms with Gasteiger partial charge in [-0.15, -0.1) is 6.58 Å². The third-order valence-corrected chi connectivity index (χ3v) is 2.30. The van der Waals surface area contributed by atoms with Crippen molar-refractivity contribution in [3.05, 3.63) is 24.3 Å². The molecule has 0 fully saturated rings. The SMILES string of the molecule is C=CC(CC)C1=CCNCC1. The highest BCUT2D eigenvalue weighted by Crippen LogP contribution is 2.20. The van der Waals surface area contributed by atoms with E-state index in [0.717, 1.165) is 13.1 Å². The van der Waals surface area contributed by atoms with Crippen LogP contribution in [0, 0.1) is 5.92 Å². The molecule has 0 amide bonds. The Morgan fingerprint density at radius 3 is 3.09 bits per heavy atom.